The Kier molecular flexibility index (Phi) is 9.14. The van der Waals surface area contributed by atoms with Crippen molar-refractivity contribution in [2.45, 2.75) is 13.1 Å². The topological polar surface area (TPSA) is 79.3 Å². The number of carbonyl (C=O) groups is 2. The molecule has 0 aliphatic heterocycles. The first-order valence-corrected chi connectivity index (χ1v) is 9.41. The summed E-state index contributed by atoms with van der Waals surface area (Å²) in [5, 5.41) is 10.1. The third-order valence-corrected chi connectivity index (χ3v) is 4.53. The van der Waals surface area contributed by atoms with E-state index in [4.69, 9.17) is 9.47 Å². The van der Waals surface area contributed by atoms with Gasteiger partial charge < -0.3 is 14.6 Å². The number of hydrogen-bond donors (Lipinski definition) is 1. The maximum absolute atomic E-state index is 11.8. The Morgan fingerprint density at radius 1 is 0.793 bits per heavy atom. The van der Waals surface area contributed by atoms with Crippen molar-refractivity contribution in [3.05, 3.63) is 65.7 Å². The van der Waals surface area contributed by atoms with Gasteiger partial charge in [0.2, 0.25) is 0 Å². The van der Waals surface area contributed by atoms with Gasteiger partial charge in [-0.25, -0.2) is 0 Å². The fourth-order valence-corrected chi connectivity index (χ4v) is 2.93. The van der Waals surface area contributed by atoms with Crippen LogP contribution in [0.5, 0.6) is 5.75 Å². The monoisotopic (exact) mass is 400 g/mol. The highest BCUT2D eigenvalue weighted by Crippen LogP contribution is 2.18. The number of ether oxygens (including phenoxy) is 2. The molecule has 2 aromatic rings. The first kappa shape index (κ1) is 22.4. The second-order valence-corrected chi connectivity index (χ2v) is 6.69. The molecule has 0 spiro atoms. The first-order valence-electron chi connectivity index (χ1n) is 9.41. The number of phenols is 1. The molecule has 0 unspecified atom stereocenters. The molecule has 0 aliphatic rings. The minimum Gasteiger partial charge on any atom is -0.508 e. The average molecular weight is 400 g/mol. The number of aromatic hydroxyl groups is 1. The summed E-state index contributed by atoms with van der Waals surface area (Å²) in [5.41, 5.74) is 1.80. The van der Waals surface area contributed by atoms with Crippen LogP contribution in [-0.2, 0) is 32.2 Å². The van der Waals surface area contributed by atoms with Crippen molar-refractivity contribution in [2.24, 2.45) is 0 Å². The molecule has 7 heteroatoms. The normalized spacial score (nSPS) is 10.9. The second kappa shape index (κ2) is 11.8. The predicted octanol–water partition coefficient (Wildman–Crippen LogP) is 2.04. The molecule has 0 radical (unpaired) electrons. The zero-order chi connectivity index (χ0) is 21.1. The highest BCUT2D eigenvalue weighted by Gasteiger charge is 2.17. The molecule has 0 saturated carbocycles. The van der Waals surface area contributed by atoms with Crippen LogP contribution in [0.1, 0.15) is 11.1 Å². The Balaban J connectivity index is 2.07. The lowest BCUT2D eigenvalue weighted by Crippen LogP contribution is -2.39. The largest absolute Gasteiger partial charge is 0.508 e. The average Bonchev–Trinajstić information content (AvgIpc) is 2.73. The van der Waals surface area contributed by atoms with Crippen LogP contribution in [0.2, 0.25) is 0 Å². The van der Waals surface area contributed by atoms with Crippen molar-refractivity contribution < 1.29 is 24.2 Å². The summed E-state index contributed by atoms with van der Waals surface area (Å²) in [7, 11) is 2.71. The Bertz CT molecular complexity index is 782. The number of para-hydroxylation sites is 1. The van der Waals surface area contributed by atoms with E-state index in [1.165, 1.54) is 14.2 Å². The van der Waals surface area contributed by atoms with Crippen molar-refractivity contribution in [1.29, 1.82) is 0 Å². The van der Waals surface area contributed by atoms with E-state index in [1.807, 2.05) is 52.3 Å². The number of nitrogens with zero attached hydrogens (tertiary/aromatic N) is 2. The van der Waals surface area contributed by atoms with Gasteiger partial charge in [0, 0.05) is 31.7 Å². The first-order chi connectivity index (χ1) is 14.0. The molecule has 0 bridgehead atoms. The Labute approximate surface area is 171 Å². The molecule has 0 fully saturated rings. The quantitative estimate of drug-likeness (QED) is 0.578. The Morgan fingerprint density at radius 2 is 1.31 bits per heavy atom. The van der Waals surface area contributed by atoms with Gasteiger partial charge in [-0.15, -0.1) is 0 Å². The van der Waals surface area contributed by atoms with Crippen molar-refractivity contribution in [1.82, 2.24) is 9.80 Å². The van der Waals surface area contributed by atoms with Crippen LogP contribution in [0, 0.1) is 0 Å². The third kappa shape index (κ3) is 7.93. The van der Waals surface area contributed by atoms with Gasteiger partial charge in [0.1, 0.15) is 5.75 Å². The van der Waals surface area contributed by atoms with Crippen LogP contribution in [-0.4, -0.2) is 67.2 Å². The predicted molar refractivity (Wildman–Crippen MR) is 109 cm³/mol. The van der Waals surface area contributed by atoms with Crippen molar-refractivity contribution in [2.75, 3.05) is 40.4 Å². The van der Waals surface area contributed by atoms with Crippen LogP contribution < -0.4 is 0 Å². The summed E-state index contributed by atoms with van der Waals surface area (Å²) in [4.78, 5) is 27.5. The number of esters is 2. The van der Waals surface area contributed by atoms with E-state index >= 15 is 0 Å². The summed E-state index contributed by atoms with van der Waals surface area (Å²) >= 11 is 0. The van der Waals surface area contributed by atoms with Crippen molar-refractivity contribution in [3.63, 3.8) is 0 Å². The number of methoxy groups -OCH3 is 2. The number of hydrogen-bond acceptors (Lipinski definition) is 7. The van der Waals surface area contributed by atoms with Crippen LogP contribution in [0.3, 0.4) is 0 Å². The summed E-state index contributed by atoms with van der Waals surface area (Å²) in [6.07, 6.45) is 0. The van der Waals surface area contributed by atoms with Crippen LogP contribution in [0.25, 0.3) is 0 Å². The van der Waals surface area contributed by atoms with Gasteiger partial charge in [-0.3, -0.25) is 19.4 Å². The van der Waals surface area contributed by atoms with Gasteiger partial charge in [0.15, 0.2) is 0 Å². The van der Waals surface area contributed by atoms with E-state index in [0.29, 0.717) is 26.2 Å². The van der Waals surface area contributed by atoms with Gasteiger partial charge in [0.25, 0.3) is 0 Å². The van der Waals surface area contributed by atoms with Crippen molar-refractivity contribution >= 4 is 11.9 Å². The number of phenolic OH excluding ortho intramolecular Hbond substituents is 1. The van der Waals surface area contributed by atoms with Gasteiger partial charge in [-0.05, 0) is 11.6 Å². The number of rotatable bonds is 11. The standard InChI is InChI=1S/C22H28N2O5/c1-28-21(26)16-23(14-18-8-4-3-5-9-18)12-13-24(17-22(27)29-2)15-19-10-6-7-11-20(19)25/h3-11,25H,12-17H2,1-2H3. The summed E-state index contributed by atoms with van der Waals surface area (Å²) < 4.78 is 9.62. The van der Waals surface area contributed by atoms with E-state index in [1.54, 1.807) is 12.1 Å². The maximum atomic E-state index is 11.8. The van der Waals surface area contributed by atoms with Crippen LogP contribution in [0.15, 0.2) is 54.6 Å². The second-order valence-electron chi connectivity index (χ2n) is 6.69. The molecular weight excluding hydrogens is 372 g/mol. The van der Waals surface area contributed by atoms with Crippen molar-refractivity contribution in [3.8, 4) is 5.75 Å². The zero-order valence-electron chi connectivity index (χ0n) is 16.9. The minimum atomic E-state index is -0.358. The molecule has 2 aromatic carbocycles. The smallest absolute Gasteiger partial charge is 0.319 e. The Morgan fingerprint density at radius 3 is 1.86 bits per heavy atom. The highest BCUT2D eigenvalue weighted by atomic mass is 16.5. The van der Waals surface area contributed by atoms with Gasteiger partial charge in [-0.1, -0.05) is 48.5 Å². The lowest BCUT2D eigenvalue weighted by molar-refractivity contribution is -0.143. The van der Waals surface area contributed by atoms with Gasteiger partial charge >= 0.3 is 11.9 Å². The lowest BCUT2D eigenvalue weighted by Gasteiger charge is -2.27. The number of carbonyl (C=O) groups excluding carboxylic acids is 2. The third-order valence-electron chi connectivity index (χ3n) is 4.53. The fraction of sp³-hybridized carbons (Fsp3) is 0.364. The summed E-state index contributed by atoms with van der Waals surface area (Å²) in [5.74, 6) is -0.498. The maximum Gasteiger partial charge on any atom is 0.319 e. The molecule has 0 atom stereocenters. The molecule has 7 nitrogen and oxygen atoms in total. The molecule has 0 amide bonds. The van der Waals surface area contributed by atoms with Crippen LogP contribution >= 0.6 is 0 Å². The van der Waals surface area contributed by atoms with Gasteiger partial charge in [-0.2, -0.15) is 0 Å². The molecule has 0 heterocycles. The lowest BCUT2D eigenvalue weighted by atomic mass is 10.2. The molecule has 156 valence electrons. The molecule has 0 aromatic heterocycles. The minimum absolute atomic E-state index is 0.0856. The fourth-order valence-electron chi connectivity index (χ4n) is 2.93. The molecule has 0 saturated heterocycles. The molecular formula is C22H28N2O5. The van der Waals surface area contributed by atoms with E-state index in [-0.39, 0.29) is 30.8 Å². The Hall–Kier alpha value is -2.90. The highest BCUT2D eigenvalue weighted by molar-refractivity contribution is 5.72. The molecule has 0 aliphatic carbocycles. The molecule has 29 heavy (non-hydrogen) atoms. The van der Waals surface area contributed by atoms with E-state index in [2.05, 4.69) is 0 Å². The summed E-state index contributed by atoms with van der Waals surface area (Å²) in [6, 6.07) is 16.9. The van der Waals surface area contributed by atoms with E-state index in [0.717, 1.165) is 11.1 Å². The SMILES string of the molecule is COC(=O)CN(CCN(CC(=O)OC)Cc1ccccc1O)Cc1ccccc1. The number of benzene rings is 2. The summed E-state index contributed by atoms with van der Waals surface area (Å²) in [6.45, 7) is 2.25. The molecule has 2 rings (SSSR count). The van der Waals surface area contributed by atoms with Crippen LogP contribution in [0.4, 0.5) is 0 Å². The van der Waals surface area contributed by atoms with E-state index in [9.17, 15) is 14.7 Å². The van der Waals surface area contributed by atoms with E-state index < -0.39 is 0 Å². The molecule has 1 N–H and O–H groups in total. The zero-order valence-corrected chi connectivity index (χ0v) is 16.9. The van der Waals surface area contributed by atoms with Gasteiger partial charge in [0.05, 0.1) is 27.3 Å².